The first-order valence-electron chi connectivity index (χ1n) is 8.25. The Morgan fingerprint density at radius 3 is 2.81 bits per heavy atom. The zero-order chi connectivity index (χ0) is 19.0. The van der Waals surface area contributed by atoms with Gasteiger partial charge in [-0.05, 0) is 30.5 Å². The van der Waals surface area contributed by atoms with Crippen molar-refractivity contribution in [3.8, 4) is 10.6 Å². The normalized spacial score (nSPS) is 12.2. The summed E-state index contributed by atoms with van der Waals surface area (Å²) in [7, 11) is 0. The zero-order valence-corrected chi connectivity index (χ0v) is 15.1. The number of H-pyrrole nitrogens is 1. The number of fused-ring (bicyclic) bond motifs is 1. The summed E-state index contributed by atoms with van der Waals surface area (Å²) >= 11 is 1.55. The molecule has 4 aromatic rings. The lowest BCUT2D eigenvalue weighted by Crippen LogP contribution is -2.29. The predicted octanol–water partition coefficient (Wildman–Crippen LogP) is 3.38. The molecule has 4 rings (SSSR count). The van der Waals surface area contributed by atoms with Crippen LogP contribution >= 0.6 is 11.3 Å². The van der Waals surface area contributed by atoms with E-state index in [1.54, 1.807) is 30.4 Å². The molecule has 3 aromatic heterocycles. The second-order valence-electron chi connectivity index (χ2n) is 6.03. The van der Waals surface area contributed by atoms with Gasteiger partial charge in [-0.3, -0.25) is 14.7 Å². The Morgan fingerprint density at radius 2 is 2.07 bits per heavy atom. The number of hydrogen-bond acceptors (Lipinski definition) is 4. The van der Waals surface area contributed by atoms with Crippen molar-refractivity contribution in [1.82, 2.24) is 19.9 Å². The van der Waals surface area contributed by atoms with Gasteiger partial charge in [0.05, 0.1) is 27.9 Å². The molecule has 1 amide bonds. The van der Waals surface area contributed by atoms with E-state index in [2.05, 4.69) is 15.4 Å². The van der Waals surface area contributed by atoms with Crippen LogP contribution in [-0.4, -0.2) is 20.5 Å². The largest absolute Gasteiger partial charge is 0.344 e. The Hall–Kier alpha value is -3.26. The summed E-state index contributed by atoms with van der Waals surface area (Å²) in [6.45, 7) is 1.70. The quantitative estimate of drug-likeness (QED) is 0.568. The topological polar surface area (TPSA) is 79.3 Å². The van der Waals surface area contributed by atoms with Crippen LogP contribution in [0.3, 0.4) is 0 Å². The van der Waals surface area contributed by atoms with E-state index < -0.39 is 17.8 Å². The summed E-state index contributed by atoms with van der Waals surface area (Å²) in [4.78, 5) is 30.2. The molecule has 8 heteroatoms. The van der Waals surface area contributed by atoms with Crippen molar-refractivity contribution in [2.24, 2.45) is 0 Å². The van der Waals surface area contributed by atoms with Crippen molar-refractivity contribution >= 4 is 22.9 Å². The number of rotatable bonds is 4. The van der Waals surface area contributed by atoms with E-state index in [1.165, 1.54) is 28.8 Å². The molecule has 0 bridgehead atoms. The molecule has 1 aromatic carbocycles. The summed E-state index contributed by atoms with van der Waals surface area (Å²) in [6.07, 6.45) is 0. The minimum Gasteiger partial charge on any atom is -0.344 e. The lowest BCUT2D eigenvalue weighted by molar-refractivity contribution is 0.0935. The number of benzene rings is 1. The van der Waals surface area contributed by atoms with Crippen molar-refractivity contribution < 1.29 is 9.18 Å². The Labute approximate surface area is 157 Å². The number of carbonyl (C=O) groups excluding carboxylic acids is 1. The fourth-order valence-corrected chi connectivity index (χ4v) is 3.48. The Balaban J connectivity index is 1.64. The first-order chi connectivity index (χ1) is 13.0. The van der Waals surface area contributed by atoms with Crippen LogP contribution in [0, 0.1) is 5.82 Å². The number of halogens is 1. The molecule has 6 nitrogen and oxygen atoms in total. The standard InChI is InChI=1S/C19H15FN4O2S/c1-11(21-19(26)12-5-2-3-6-13(12)20)14-10-18(25)24-17(22-14)9-15(23-24)16-7-4-8-27-16/h2-11,23H,1H3,(H,21,26)/t11-/m1/s1. The van der Waals surface area contributed by atoms with Crippen LogP contribution in [0.4, 0.5) is 4.39 Å². The molecular formula is C19H15FN4O2S. The average Bonchev–Trinajstić information content (AvgIpc) is 3.31. The van der Waals surface area contributed by atoms with Crippen molar-refractivity contribution in [3.63, 3.8) is 0 Å². The third kappa shape index (κ3) is 3.26. The highest BCUT2D eigenvalue weighted by molar-refractivity contribution is 7.13. The second-order valence-corrected chi connectivity index (χ2v) is 6.98. The van der Waals surface area contributed by atoms with Gasteiger partial charge in [-0.1, -0.05) is 18.2 Å². The van der Waals surface area contributed by atoms with Crippen LogP contribution in [0.5, 0.6) is 0 Å². The molecule has 136 valence electrons. The van der Waals surface area contributed by atoms with Gasteiger partial charge in [0.1, 0.15) is 5.82 Å². The first-order valence-corrected chi connectivity index (χ1v) is 9.13. The van der Waals surface area contributed by atoms with Gasteiger partial charge in [0.15, 0.2) is 5.65 Å². The zero-order valence-electron chi connectivity index (χ0n) is 14.3. The van der Waals surface area contributed by atoms with E-state index in [9.17, 15) is 14.0 Å². The third-order valence-electron chi connectivity index (χ3n) is 4.17. The van der Waals surface area contributed by atoms with Crippen LogP contribution < -0.4 is 10.9 Å². The third-order valence-corrected chi connectivity index (χ3v) is 5.07. The summed E-state index contributed by atoms with van der Waals surface area (Å²) in [5, 5.41) is 7.65. The number of hydrogen-bond donors (Lipinski definition) is 2. The summed E-state index contributed by atoms with van der Waals surface area (Å²) in [5.74, 6) is -1.16. The molecule has 0 aliphatic carbocycles. The van der Waals surface area contributed by atoms with E-state index in [0.717, 1.165) is 10.6 Å². The molecule has 0 fully saturated rings. The number of nitrogens with zero attached hydrogens (tertiary/aromatic N) is 2. The van der Waals surface area contributed by atoms with Gasteiger partial charge < -0.3 is 5.32 Å². The fraction of sp³-hybridized carbons (Fsp3) is 0.105. The van der Waals surface area contributed by atoms with E-state index in [1.807, 2.05) is 17.5 Å². The maximum absolute atomic E-state index is 13.8. The van der Waals surface area contributed by atoms with Gasteiger partial charge in [0.25, 0.3) is 11.5 Å². The van der Waals surface area contributed by atoms with Crippen molar-refractivity contribution in [3.05, 3.63) is 81.3 Å². The lowest BCUT2D eigenvalue weighted by Gasteiger charge is -2.13. The molecule has 27 heavy (non-hydrogen) atoms. The summed E-state index contributed by atoms with van der Waals surface area (Å²) in [5.41, 5.74) is 1.30. The molecule has 0 radical (unpaired) electrons. The van der Waals surface area contributed by atoms with Crippen molar-refractivity contribution in [1.29, 1.82) is 0 Å². The van der Waals surface area contributed by atoms with Gasteiger partial charge in [-0.25, -0.2) is 13.9 Å². The highest BCUT2D eigenvalue weighted by Crippen LogP contribution is 2.23. The number of nitrogens with one attached hydrogen (secondary N) is 2. The van der Waals surface area contributed by atoms with Crippen LogP contribution in [-0.2, 0) is 0 Å². The SMILES string of the molecule is C[C@@H](NC(=O)c1ccccc1F)c1cc(=O)n2[nH]c(-c3cccs3)cc2n1. The molecule has 3 heterocycles. The van der Waals surface area contributed by atoms with E-state index in [0.29, 0.717) is 11.3 Å². The van der Waals surface area contributed by atoms with Crippen LogP contribution in [0.1, 0.15) is 29.0 Å². The van der Waals surface area contributed by atoms with Gasteiger partial charge in [0.2, 0.25) is 0 Å². The molecule has 0 aliphatic heterocycles. The van der Waals surface area contributed by atoms with Gasteiger partial charge >= 0.3 is 0 Å². The van der Waals surface area contributed by atoms with Gasteiger partial charge in [0, 0.05) is 12.1 Å². The van der Waals surface area contributed by atoms with E-state index in [4.69, 9.17) is 0 Å². The number of carbonyl (C=O) groups is 1. The molecule has 0 aliphatic rings. The highest BCUT2D eigenvalue weighted by Gasteiger charge is 2.17. The van der Waals surface area contributed by atoms with Crippen LogP contribution in [0.2, 0.25) is 0 Å². The fourth-order valence-electron chi connectivity index (χ4n) is 2.78. The molecular weight excluding hydrogens is 367 g/mol. The maximum atomic E-state index is 13.8. The van der Waals surface area contributed by atoms with Crippen LogP contribution in [0.15, 0.2) is 58.7 Å². The molecule has 0 spiro atoms. The monoisotopic (exact) mass is 382 g/mol. The molecule has 0 saturated heterocycles. The highest BCUT2D eigenvalue weighted by atomic mass is 32.1. The summed E-state index contributed by atoms with van der Waals surface area (Å²) < 4.78 is 15.1. The van der Waals surface area contributed by atoms with E-state index >= 15 is 0 Å². The molecule has 0 unspecified atom stereocenters. The Bertz CT molecular complexity index is 1180. The molecule has 2 N–H and O–H groups in total. The Morgan fingerprint density at radius 1 is 1.26 bits per heavy atom. The van der Waals surface area contributed by atoms with Gasteiger partial charge in [-0.2, -0.15) is 0 Å². The number of aromatic nitrogens is 3. The first kappa shape index (κ1) is 17.2. The molecule has 1 atom stereocenters. The minimum atomic E-state index is -0.600. The number of aromatic amines is 1. The minimum absolute atomic E-state index is 0.0521. The second kappa shape index (κ2) is 6.81. The average molecular weight is 382 g/mol. The van der Waals surface area contributed by atoms with Gasteiger partial charge in [-0.15, -0.1) is 11.3 Å². The number of amides is 1. The van der Waals surface area contributed by atoms with Crippen LogP contribution in [0.25, 0.3) is 16.2 Å². The molecule has 0 saturated carbocycles. The maximum Gasteiger partial charge on any atom is 0.272 e. The van der Waals surface area contributed by atoms with Crippen molar-refractivity contribution in [2.45, 2.75) is 13.0 Å². The van der Waals surface area contributed by atoms with Crippen molar-refractivity contribution in [2.75, 3.05) is 0 Å². The number of thiophene rings is 1. The smallest absolute Gasteiger partial charge is 0.272 e. The lowest BCUT2D eigenvalue weighted by atomic mass is 10.1. The van der Waals surface area contributed by atoms with E-state index in [-0.39, 0.29) is 11.1 Å². The Kier molecular flexibility index (Phi) is 4.33. The predicted molar refractivity (Wildman–Crippen MR) is 101 cm³/mol. The summed E-state index contributed by atoms with van der Waals surface area (Å²) in [6, 6.07) is 12.2.